The van der Waals surface area contributed by atoms with Gasteiger partial charge < -0.3 is 9.73 Å². The van der Waals surface area contributed by atoms with Crippen molar-refractivity contribution in [3.05, 3.63) is 17.6 Å². The second-order valence-electron chi connectivity index (χ2n) is 4.96. The van der Waals surface area contributed by atoms with Gasteiger partial charge in [-0.25, -0.2) is 13.1 Å². The predicted molar refractivity (Wildman–Crippen MR) is 75.4 cm³/mol. The Labute approximate surface area is 115 Å². The third-order valence-corrected chi connectivity index (χ3v) is 5.07. The number of hydrogen-bond acceptors (Lipinski definition) is 4. The van der Waals surface area contributed by atoms with E-state index in [0.717, 1.165) is 6.42 Å². The number of furan rings is 1. The van der Waals surface area contributed by atoms with E-state index in [0.29, 0.717) is 24.0 Å². The lowest BCUT2D eigenvalue weighted by molar-refractivity contribution is 0.432. The fourth-order valence-electron chi connectivity index (χ4n) is 1.83. The van der Waals surface area contributed by atoms with Crippen molar-refractivity contribution >= 4 is 10.0 Å². The molecule has 0 aromatic carbocycles. The molecule has 19 heavy (non-hydrogen) atoms. The van der Waals surface area contributed by atoms with Crippen molar-refractivity contribution in [2.24, 2.45) is 5.92 Å². The van der Waals surface area contributed by atoms with Gasteiger partial charge in [-0.05, 0) is 26.8 Å². The molecule has 0 saturated heterocycles. The Morgan fingerprint density at radius 1 is 1.37 bits per heavy atom. The van der Waals surface area contributed by atoms with E-state index in [1.54, 1.807) is 20.0 Å². The summed E-state index contributed by atoms with van der Waals surface area (Å²) in [5.74, 6) is 1.34. The molecule has 0 saturated carbocycles. The fraction of sp³-hybridized carbons (Fsp3) is 0.692. The number of rotatable bonds is 7. The molecule has 0 aliphatic rings. The topological polar surface area (TPSA) is 71.3 Å². The van der Waals surface area contributed by atoms with Crippen LogP contribution in [0.15, 0.2) is 15.4 Å². The maximum Gasteiger partial charge on any atom is 0.244 e. The van der Waals surface area contributed by atoms with E-state index in [1.165, 1.54) is 0 Å². The van der Waals surface area contributed by atoms with Crippen molar-refractivity contribution < 1.29 is 12.8 Å². The highest BCUT2D eigenvalue weighted by Gasteiger charge is 2.24. The largest absolute Gasteiger partial charge is 0.464 e. The van der Waals surface area contributed by atoms with Crippen LogP contribution in [0.25, 0.3) is 0 Å². The molecule has 0 aliphatic carbocycles. The summed E-state index contributed by atoms with van der Waals surface area (Å²) < 4.78 is 32.8. The molecule has 110 valence electrons. The van der Waals surface area contributed by atoms with Gasteiger partial charge in [0.15, 0.2) is 0 Å². The maximum absolute atomic E-state index is 12.3. The summed E-state index contributed by atoms with van der Waals surface area (Å²) in [7, 11) is -1.73. The molecule has 0 radical (unpaired) electrons. The number of sulfonamides is 1. The van der Waals surface area contributed by atoms with Crippen LogP contribution in [-0.2, 0) is 16.6 Å². The van der Waals surface area contributed by atoms with Crippen LogP contribution in [0, 0.1) is 12.8 Å². The fourth-order valence-corrected chi connectivity index (χ4v) is 3.39. The number of hydrogen-bond donors (Lipinski definition) is 2. The summed E-state index contributed by atoms with van der Waals surface area (Å²) >= 11 is 0. The van der Waals surface area contributed by atoms with E-state index in [-0.39, 0.29) is 10.9 Å². The van der Waals surface area contributed by atoms with Gasteiger partial charge in [0.05, 0.1) is 6.54 Å². The van der Waals surface area contributed by atoms with E-state index in [4.69, 9.17) is 4.42 Å². The molecule has 0 amide bonds. The summed E-state index contributed by atoms with van der Waals surface area (Å²) in [5, 5.41) is 2.94. The Bertz CT molecular complexity index is 508. The van der Waals surface area contributed by atoms with Gasteiger partial charge in [-0.3, -0.25) is 0 Å². The molecule has 2 unspecified atom stereocenters. The number of aryl methyl sites for hydroxylation is 1. The standard InChI is InChI=1S/C13H24N2O3S/c1-6-9(2)10(3)15-19(16,17)13-7-12(8-14-5)18-11(13)4/h7,9-10,14-15H,6,8H2,1-5H3. The zero-order valence-corrected chi connectivity index (χ0v) is 13.1. The van der Waals surface area contributed by atoms with Crippen molar-refractivity contribution in [1.29, 1.82) is 0 Å². The van der Waals surface area contributed by atoms with Gasteiger partial charge in [-0.1, -0.05) is 20.3 Å². The minimum atomic E-state index is -3.51. The van der Waals surface area contributed by atoms with Crippen molar-refractivity contribution in [2.45, 2.75) is 51.6 Å². The molecule has 0 spiro atoms. The summed E-state index contributed by atoms with van der Waals surface area (Å²) in [4.78, 5) is 0.230. The minimum Gasteiger partial charge on any atom is -0.464 e. The molecular formula is C13H24N2O3S. The normalized spacial score (nSPS) is 15.4. The van der Waals surface area contributed by atoms with Crippen LogP contribution in [0.2, 0.25) is 0 Å². The molecule has 1 aromatic heterocycles. The molecule has 0 fully saturated rings. The molecule has 6 heteroatoms. The molecular weight excluding hydrogens is 264 g/mol. The van der Waals surface area contributed by atoms with E-state index < -0.39 is 10.0 Å². The second kappa shape index (κ2) is 6.54. The molecule has 1 aromatic rings. The van der Waals surface area contributed by atoms with E-state index >= 15 is 0 Å². The first-order valence-corrected chi connectivity index (χ1v) is 8.06. The quantitative estimate of drug-likeness (QED) is 0.805. The lowest BCUT2D eigenvalue weighted by Gasteiger charge is -2.19. The van der Waals surface area contributed by atoms with Crippen LogP contribution in [0.3, 0.4) is 0 Å². The highest BCUT2D eigenvalue weighted by Crippen LogP contribution is 2.21. The van der Waals surface area contributed by atoms with Crippen molar-refractivity contribution in [1.82, 2.24) is 10.0 Å². The first-order chi connectivity index (χ1) is 8.81. The zero-order valence-electron chi connectivity index (χ0n) is 12.3. The van der Waals surface area contributed by atoms with Gasteiger partial charge in [-0.2, -0.15) is 0 Å². The summed E-state index contributed by atoms with van der Waals surface area (Å²) in [6.45, 7) is 8.14. The van der Waals surface area contributed by atoms with Gasteiger partial charge in [-0.15, -0.1) is 0 Å². The monoisotopic (exact) mass is 288 g/mol. The number of nitrogens with one attached hydrogen (secondary N) is 2. The van der Waals surface area contributed by atoms with Crippen LogP contribution < -0.4 is 10.0 Å². The summed E-state index contributed by atoms with van der Waals surface area (Å²) in [5.41, 5.74) is 0. The average Bonchev–Trinajstić information content (AvgIpc) is 2.70. The molecule has 0 aliphatic heterocycles. The van der Waals surface area contributed by atoms with Crippen LogP contribution >= 0.6 is 0 Å². The molecule has 1 heterocycles. The first kappa shape index (κ1) is 16.2. The van der Waals surface area contributed by atoms with E-state index in [2.05, 4.69) is 10.0 Å². The highest BCUT2D eigenvalue weighted by atomic mass is 32.2. The summed E-state index contributed by atoms with van der Waals surface area (Å²) in [6.07, 6.45) is 0.930. The van der Waals surface area contributed by atoms with Crippen molar-refractivity contribution in [3.63, 3.8) is 0 Å². The van der Waals surface area contributed by atoms with E-state index in [9.17, 15) is 8.42 Å². The smallest absolute Gasteiger partial charge is 0.244 e. The van der Waals surface area contributed by atoms with Crippen molar-refractivity contribution in [3.8, 4) is 0 Å². The van der Waals surface area contributed by atoms with Gasteiger partial charge in [0.1, 0.15) is 16.4 Å². The van der Waals surface area contributed by atoms with Gasteiger partial charge in [0.2, 0.25) is 10.0 Å². The molecule has 1 rings (SSSR count). The highest BCUT2D eigenvalue weighted by molar-refractivity contribution is 7.89. The lowest BCUT2D eigenvalue weighted by Crippen LogP contribution is -2.36. The molecule has 5 nitrogen and oxygen atoms in total. The van der Waals surface area contributed by atoms with Crippen LogP contribution in [0.5, 0.6) is 0 Å². The Hall–Kier alpha value is -0.850. The average molecular weight is 288 g/mol. The third kappa shape index (κ3) is 4.06. The van der Waals surface area contributed by atoms with Crippen LogP contribution in [-0.4, -0.2) is 21.5 Å². The SMILES string of the molecule is CCC(C)C(C)NS(=O)(=O)c1cc(CNC)oc1C. The molecule has 2 atom stereocenters. The molecule has 0 bridgehead atoms. The predicted octanol–water partition coefficient (Wildman–Crippen LogP) is 2.02. The van der Waals surface area contributed by atoms with Crippen LogP contribution in [0.4, 0.5) is 0 Å². The van der Waals surface area contributed by atoms with Crippen molar-refractivity contribution in [2.75, 3.05) is 7.05 Å². The summed E-state index contributed by atoms with van der Waals surface area (Å²) in [6, 6.07) is 1.48. The minimum absolute atomic E-state index is 0.1000. The third-order valence-electron chi connectivity index (χ3n) is 3.40. The van der Waals surface area contributed by atoms with Crippen LogP contribution in [0.1, 0.15) is 38.7 Å². The van der Waals surface area contributed by atoms with Gasteiger partial charge in [0.25, 0.3) is 0 Å². The van der Waals surface area contributed by atoms with E-state index in [1.807, 2.05) is 20.8 Å². The Morgan fingerprint density at radius 3 is 2.53 bits per heavy atom. The second-order valence-corrected chi connectivity index (χ2v) is 6.64. The maximum atomic E-state index is 12.3. The van der Waals surface area contributed by atoms with Gasteiger partial charge in [0, 0.05) is 12.1 Å². The Kier molecular flexibility index (Phi) is 5.58. The first-order valence-electron chi connectivity index (χ1n) is 6.58. The molecule has 2 N–H and O–H groups in total. The lowest BCUT2D eigenvalue weighted by atomic mass is 10.0. The van der Waals surface area contributed by atoms with Gasteiger partial charge >= 0.3 is 0 Å². The Balaban J connectivity index is 2.94. The Morgan fingerprint density at radius 2 is 2.00 bits per heavy atom. The zero-order chi connectivity index (χ0) is 14.6.